The maximum atomic E-state index is 10.3. The van der Waals surface area contributed by atoms with Crippen LogP contribution in [0, 0.1) is 17.8 Å². The molecule has 16 heavy (non-hydrogen) atoms. The minimum absolute atomic E-state index is 0.0493. The molecule has 0 radical (unpaired) electrons. The summed E-state index contributed by atoms with van der Waals surface area (Å²) < 4.78 is 0. The summed E-state index contributed by atoms with van der Waals surface area (Å²) in [6.45, 7) is 7.59. The molecule has 0 aliphatic heterocycles. The normalized spacial score (nSPS) is 25.8. The highest BCUT2D eigenvalue weighted by Crippen LogP contribution is 2.31. The Kier molecular flexibility index (Phi) is 5.50. The Morgan fingerprint density at radius 1 is 1.12 bits per heavy atom. The second-order valence-corrected chi connectivity index (χ2v) is 5.33. The van der Waals surface area contributed by atoms with Crippen LogP contribution in [0.4, 0.5) is 0 Å². The molecule has 2 N–H and O–H groups in total. The molecule has 1 saturated carbocycles. The van der Waals surface area contributed by atoms with Gasteiger partial charge in [0.25, 0.3) is 0 Å². The molecule has 0 aromatic carbocycles. The van der Waals surface area contributed by atoms with E-state index in [1.165, 1.54) is 19.3 Å². The first-order valence-electron chi connectivity index (χ1n) is 6.56. The van der Waals surface area contributed by atoms with Gasteiger partial charge in [-0.1, -0.05) is 39.2 Å². The molecular weight excluding hydrogens is 200 g/mol. The topological polar surface area (TPSA) is 40.5 Å². The lowest BCUT2D eigenvalue weighted by atomic mass is 9.77. The highest BCUT2D eigenvalue weighted by molar-refractivity contribution is 4.88. The Labute approximate surface area is 99.4 Å². The monoisotopic (exact) mass is 226 g/mol. The fourth-order valence-electron chi connectivity index (χ4n) is 2.73. The fraction of sp³-hybridized carbons (Fsp3) is 0.857. The van der Waals surface area contributed by atoms with Gasteiger partial charge in [-0.2, -0.15) is 0 Å². The van der Waals surface area contributed by atoms with Crippen LogP contribution in [-0.4, -0.2) is 22.4 Å². The third-order valence-electron chi connectivity index (χ3n) is 4.12. The molecule has 0 heterocycles. The van der Waals surface area contributed by atoms with E-state index in [1.54, 1.807) is 6.08 Å². The van der Waals surface area contributed by atoms with Crippen LogP contribution in [0.1, 0.15) is 46.0 Å². The van der Waals surface area contributed by atoms with Crippen molar-refractivity contribution >= 4 is 0 Å². The first kappa shape index (κ1) is 13.7. The number of aliphatic hydroxyl groups excluding tert-OH is 2. The zero-order valence-electron chi connectivity index (χ0n) is 10.6. The SMILES string of the molecule is C=C[C@H](C)[C@@H](O)C(C)C(O)C1CCCCC1. The average Bonchev–Trinajstić information content (AvgIpc) is 2.36. The molecule has 2 unspecified atom stereocenters. The van der Waals surface area contributed by atoms with Crippen LogP contribution >= 0.6 is 0 Å². The molecule has 1 rings (SSSR count). The van der Waals surface area contributed by atoms with Gasteiger partial charge in [0.05, 0.1) is 12.2 Å². The van der Waals surface area contributed by atoms with Gasteiger partial charge in [-0.15, -0.1) is 6.58 Å². The minimum atomic E-state index is -0.477. The second-order valence-electron chi connectivity index (χ2n) is 5.33. The lowest BCUT2D eigenvalue weighted by Gasteiger charge is -2.34. The Morgan fingerprint density at radius 2 is 1.69 bits per heavy atom. The maximum absolute atomic E-state index is 10.3. The standard InChI is InChI=1S/C14H26O2/c1-4-10(2)13(15)11(3)14(16)12-8-6-5-7-9-12/h4,10-16H,1,5-9H2,2-3H3/t10-,11?,13+,14?/m0/s1. The third kappa shape index (κ3) is 3.33. The summed E-state index contributed by atoms with van der Waals surface area (Å²) in [5.41, 5.74) is 0. The number of aliphatic hydroxyl groups is 2. The van der Waals surface area contributed by atoms with Crippen molar-refractivity contribution in [3.8, 4) is 0 Å². The molecule has 2 nitrogen and oxygen atoms in total. The molecule has 0 aromatic heterocycles. The third-order valence-corrected chi connectivity index (χ3v) is 4.12. The van der Waals surface area contributed by atoms with E-state index in [1.807, 2.05) is 13.8 Å². The second kappa shape index (κ2) is 6.41. The molecule has 4 atom stereocenters. The molecule has 2 heteroatoms. The quantitative estimate of drug-likeness (QED) is 0.708. The van der Waals surface area contributed by atoms with Gasteiger partial charge in [-0.05, 0) is 18.8 Å². The maximum Gasteiger partial charge on any atom is 0.0650 e. The number of hydrogen-bond acceptors (Lipinski definition) is 2. The van der Waals surface area contributed by atoms with Crippen molar-refractivity contribution in [3.63, 3.8) is 0 Å². The van der Waals surface area contributed by atoms with E-state index in [-0.39, 0.29) is 17.9 Å². The summed E-state index contributed by atoms with van der Waals surface area (Å²) in [6, 6.07) is 0. The molecule has 1 fully saturated rings. The van der Waals surface area contributed by atoms with Gasteiger partial charge in [-0.3, -0.25) is 0 Å². The van der Waals surface area contributed by atoms with E-state index in [4.69, 9.17) is 0 Å². The van der Waals surface area contributed by atoms with E-state index in [0.29, 0.717) is 5.92 Å². The Morgan fingerprint density at radius 3 is 2.19 bits per heavy atom. The van der Waals surface area contributed by atoms with Crippen molar-refractivity contribution in [1.82, 2.24) is 0 Å². The first-order chi connectivity index (χ1) is 7.57. The molecule has 0 aromatic rings. The van der Waals surface area contributed by atoms with E-state index in [0.717, 1.165) is 12.8 Å². The van der Waals surface area contributed by atoms with Crippen molar-refractivity contribution in [2.24, 2.45) is 17.8 Å². The zero-order chi connectivity index (χ0) is 12.1. The highest BCUT2D eigenvalue weighted by atomic mass is 16.3. The fourth-order valence-corrected chi connectivity index (χ4v) is 2.73. The Bertz CT molecular complexity index is 209. The Balaban J connectivity index is 2.50. The van der Waals surface area contributed by atoms with Crippen LogP contribution < -0.4 is 0 Å². The van der Waals surface area contributed by atoms with Crippen molar-refractivity contribution in [2.45, 2.75) is 58.2 Å². The average molecular weight is 226 g/mol. The molecule has 94 valence electrons. The largest absolute Gasteiger partial charge is 0.392 e. The van der Waals surface area contributed by atoms with Crippen LogP contribution in [0.2, 0.25) is 0 Å². The van der Waals surface area contributed by atoms with E-state index in [9.17, 15) is 10.2 Å². The van der Waals surface area contributed by atoms with Crippen molar-refractivity contribution < 1.29 is 10.2 Å². The summed E-state index contributed by atoms with van der Waals surface area (Å²) in [5, 5.41) is 20.3. The van der Waals surface area contributed by atoms with Crippen LogP contribution in [0.3, 0.4) is 0 Å². The summed E-state index contributed by atoms with van der Waals surface area (Å²) in [7, 11) is 0. The summed E-state index contributed by atoms with van der Waals surface area (Å²) in [4.78, 5) is 0. The van der Waals surface area contributed by atoms with E-state index < -0.39 is 6.10 Å². The van der Waals surface area contributed by atoms with Crippen LogP contribution in [0.5, 0.6) is 0 Å². The summed E-state index contributed by atoms with van der Waals surface area (Å²) in [5.74, 6) is 0.375. The van der Waals surface area contributed by atoms with Crippen molar-refractivity contribution in [3.05, 3.63) is 12.7 Å². The molecule has 0 bridgehead atoms. The molecule has 1 aliphatic carbocycles. The molecule has 0 amide bonds. The Hall–Kier alpha value is -0.340. The lowest BCUT2D eigenvalue weighted by molar-refractivity contribution is -0.0316. The lowest BCUT2D eigenvalue weighted by Crippen LogP contribution is -2.38. The van der Waals surface area contributed by atoms with Crippen molar-refractivity contribution in [2.75, 3.05) is 0 Å². The van der Waals surface area contributed by atoms with Gasteiger partial charge >= 0.3 is 0 Å². The molecule has 0 saturated heterocycles. The number of rotatable bonds is 5. The van der Waals surface area contributed by atoms with Crippen molar-refractivity contribution in [1.29, 1.82) is 0 Å². The predicted molar refractivity (Wildman–Crippen MR) is 67.1 cm³/mol. The van der Waals surface area contributed by atoms with Crippen LogP contribution in [0.15, 0.2) is 12.7 Å². The minimum Gasteiger partial charge on any atom is -0.392 e. The van der Waals surface area contributed by atoms with Crippen LogP contribution in [-0.2, 0) is 0 Å². The van der Waals surface area contributed by atoms with E-state index in [2.05, 4.69) is 6.58 Å². The van der Waals surface area contributed by atoms with Gasteiger partial charge < -0.3 is 10.2 Å². The molecule has 0 spiro atoms. The predicted octanol–water partition coefficient (Wildman–Crippen LogP) is 2.75. The molecule has 1 aliphatic rings. The highest BCUT2D eigenvalue weighted by Gasteiger charge is 2.31. The van der Waals surface area contributed by atoms with Gasteiger partial charge in [0.2, 0.25) is 0 Å². The van der Waals surface area contributed by atoms with Gasteiger partial charge in [0.1, 0.15) is 0 Å². The smallest absolute Gasteiger partial charge is 0.0650 e. The zero-order valence-corrected chi connectivity index (χ0v) is 10.6. The van der Waals surface area contributed by atoms with Gasteiger partial charge in [0.15, 0.2) is 0 Å². The summed E-state index contributed by atoms with van der Waals surface area (Å²) in [6.07, 6.45) is 6.88. The number of hydrogen-bond donors (Lipinski definition) is 2. The van der Waals surface area contributed by atoms with Crippen LogP contribution in [0.25, 0.3) is 0 Å². The summed E-state index contributed by atoms with van der Waals surface area (Å²) >= 11 is 0. The first-order valence-corrected chi connectivity index (χ1v) is 6.56. The van der Waals surface area contributed by atoms with Gasteiger partial charge in [-0.25, -0.2) is 0 Å². The van der Waals surface area contributed by atoms with Gasteiger partial charge in [0, 0.05) is 11.8 Å². The molecular formula is C14H26O2. The van der Waals surface area contributed by atoms with E-state index >= 15 is 0 Å².